The van der Waals surface area contributed by atoms with Gasteiger partial charge in [0.1, 0.15) is 11.9 Å². The van der Waals surface area contributed by atoms with Gasteiger partial charge in [-0.05, 0) is 29.8 Å². The number of nitrogens with zero attached hydrogens (tertiary/aromatic N) is 3. The lowest BCUT2D eigenvalue weighted by atomic mass is 10.0. The first-order valence-electron chi connectivity index (χ1n) is 10.0. The molecule has 29 heavy (non-hydrogen) atoms. The molecule has 1 aliphatic rings. The van der Waals surface area contributed by atoms with Crippen molar-refractivity contribution in [3.05, 3.63) is 60.8 Å². The Hall–Kier alpha value is -3.21. The van der Waals surface area contributed by atoms with Gasteiger partial charge in [0.25, 0.3) is 0 Å². The molecule has 148 valence electrons. The molecule has 1 aromatic heterocycles. The fourth-order valence-electron chi connectivity index (χ4n) is 3.67. The Morgan fingerprint density at radius 2 is 1.90 bits per heavy atom. The number of carbonyl (C=O) groups is 1. The number of aliphatic imine (C=N–C) groups is 1. The van der Waals surface area contributed by atoms with Gasteiger partial charge in [-0.3, -0.25) is 9.78 Å². The average molecular weight is 387 g/mol. The molecule has 5 heteroatoms. The van der Waals surface area contributed by atoms with Gasteiger partial charge in [0, 0.05) is 56.3 Å². The largest absolute Gasteiger partial charge is 0.490 e. The number of hydrogen-bond donors (Lipinski definition) is 0. The summed E-state index contributed by atoms with van der Waals surface area (Å²) in [4.78, 5) is 22.4. The van der Waals surface area contributed by atoms with E-state index in [1.165, 1.54) is 0 Å². The van der Waals surface area contributed by atoms with E-state index in [0.29, 0.717) is 6.42 Å². The molecule has 0 spiro atoms. The van der Waals surface area contributed by atoms with Gasteiger partial charge in [-0.15, -0.1) is 0 Å². The van der Waals surface area contributed by atoms with Gasteiger partial charge in [-0.25, -0.2) is 0 Å². The fourth-order valence-corrected chi connectivity index (χ4v) is 3.67. The van der Waals surface area contributed by atoms with Gasteiger partial charge < -0.3 is 14.6 Å². The van der Waals surface area contributed by atoms with E-state index in [1.807, 2.05) is 41.4 Å². The SMILES string of the molecule is C/N=C\CC(=O)N1CCC(Oc2ccc(-c3cnc4ccccc4c3)cc2)CC1. The van der Waals surface area contributed by atoms with Crippen LogP contribution in [0.25, 0.3) is 22.0 Å². The van der Waals surface area contributed by atoms with E-state index in [9.17, 15) is 4.79 Å². The predicted octanol–water partition coefficient (Wildman–Crippen LogP) is 4.36. The number of aromatic nitrogens is 1. The highest BCUT2D eigenvalue weighted by Gasteiger charge is 2.23. The number of pyridine rings is 1. The Morgan fingerprint density at radius 3 is 2.66 bits per heavy atom. The summed E-state index contributed by atoms with van der Waals surface area (Å²) in [7, 11) is 1.69. The van der Waals surface area contributed by atoms with Crippen molar-refractivity contribution in [3.8, 4) is 16.9 Å². The molecule has 2 heterocycles. The summed E-state index contributed by atoms with van der Waals surface area (Å²) in [5, 5.41) is 1.14. The van der Waals surface area contributed by atoms with Gasteiger partial charge in [0.15, 0.2) is 0 Å². The van der Waals surface area contributed by atoms with Crippen molar-refractivity contribution in [2.75, 3.05) is 20.1 Å². The first-order valence-corrected chi connectivity index (χ1v) is 10.0. The molecular weight excluding hydrogens is 362 g/mol. The molecule has 1 saturated heterocycles. The van der Waals surface area contributed by atoms with E-state index in [4.69, 9.17) is 4.74 Å². The van der Waals surface area contributed by atoms with Crippen LogP contribution in [0, 0.1) is 0 Å². The van der Waals surface area contributed by atoms with Crippen LogP contribution in [0.1, 0.15) is 19.3 Å². The van der Waals surface area contributed by atoms with E-state index in [-0.39, 0.29) is 12.0 Å². The summed E-state index contributed by atoms with van der Waals surface area (Å²) in [6.07, 6.45) is 5.81. The molecule has 5 nitrogen and oxygen atoms in total. The van der Waals surface area contributed by atoms with Crippen molar-refractivity contribution in [2.45, 2.75) is 25.4 Å². The molecule has 0 saturated carbocycles. The van der Waals surface area contributed by atoms with Gasteiger partial charge in [-0.1, -0.05) is 30.3 Å². The molecule has 1 aliphatic heterocycles. The van der Waals surface area contributed by atoms with Crippen molar-refractivity contribution in [3.63, 3.8) is 0 Å². The number of likely N-dealkylation sites (tertiary alicyclic amines) is 1. The lowest BCUT2D eigenvalue weighted by Crippen LogP contribution is -2.41. The Labute approximate surface area is 171 Å². The first-order chi connectivity index (χ1) is 14.2. The van der Waals surface area contributed by atoms with Crippen molar-refractivity contribution in [2.24, 2.45) is 4.99 Å². The van der Waals surface area contributed by atoms with Crippen LogP contribution in [-0.2, 0) is 4.79 Å². The monoisotopic (exact) mass is 387 g/mol. The third kappa shape index (κ3) is 4.62. The number of benzene rings is 2. The van der Waals surface area contributed by atoms with Gasteiger partial charge in [0.05, 0.1) is 11.9 Å². The van der Waals surface area contributed by atoms with Gasteiger partial charge in [-0.2, -0.15) is 0 Å². The zero-order valence-corrected chi connectivity index (χ0v) is 16.6. The zero-order chi connectivity index (χ0) is 20.1. The molecule has 1 amide bonds. The minimum atomic E-state index is 0.141. The third-order valence-corrected chi connectivity index (χ3v) is 5.32. The topological polar surface area (TPSA) is 54.8 Å². The molecular formula is C24H25N3O2. The summed E-state index contributed by atoms with van der Waals surface area (Å²) in [5.41, 5.74) is 3.22. The fraction of sp³-hybridized carbons (Fsp3) is 0.292. The molecule has 2 aromatic carbocycles. The number of para-hydroxylation sites is 1. The molecule has 1 fully saturated rings. The summed E-state index contributed by atoms with van der Waals surface area (Å²) in [6.45, 7) is 1.48. The molecule has 0 aliphatic carbocycles. The molecule has 0 bridgehead atoms. The highest BCUT2D eigenvalue weighted by molar-refractivity contribution is 5.89. The first kappa shape index (κ1) is 19.1. The number of amides is 1. The molecule has 3 aromatic rings. The molecule has 0 unspecified atom stereocenters. The Kier molecular flexibility index (Phi) is 5.84. The minimum absolute atomic E-state index is 0.141. The standard InChI is InChI=1S/C24H25N3O2/c1-25-13-10-24(28)27-14-11-22(12-15-27)29-21-8-6-18(7-9-21)20-16-19-4-2-3-5-23(19)26-17-20/h2-9,13,16-17,22H,10-12,14-15H2,1H3/b25-13-. The maximum atomic E-state index is 12.1. The number of rotatable bonds is 5. The lowest BCUT2D eigenvalue weighted by molar-refractivity contribution is -0.131. The smallest absolute Gasteiger partial charge is 0.227 e. The number of carbonyl (C=O) groups excluding carboxylic acids is 1. The van der Waals surface area contributed by atoms with Crippen molar-refractivity contribution in [1.29, 1.82) is 0 Å². The van der Waals surface area contributed by atoms with Crippen LogP contribution in [0.15, 0.2) is 65.8 Å². The maximum Gasteiger partial charge on any atom is 0.227 e. The second-order valence-corrected chi connectivity index (χ2v) is 7.28. The van der Waals surface area contributed by atoms with E-state index in [1.54, 1.807) is 13.3 Å². The average Bonchev–Trinajstić information content (AvgIpc) is 2.78. The normalized spacial score (nSPS) is 15.1. The van der Waals surface area contributed by atoms with Crippen molar-refractivity contribution >= 4 is 23.0 Å². The van der Waals surface area contributed by atoms with Crippen LogP contribution >= 0.6 is 0 Å². The Bertz CT molecular complexity index is 1010. The Morgan fingerprint density at radius 1 is 1.14 bits per heavy atom. The van der Waals surface area contributed by atoms with Crippen LogP contribution < -0.4 is 4.74 Å². The molecule has 0 atom stereocenters. The summed E-state index contributed by atoms with van der Waals surface area (Å²) in [6, 6.07) is 18.5. The maximum absolute atomic E-state index is 12.1. The second-order valence-electron chi connectivity index (χ2n) is 7.28. The van der Waals surface area contributed by atoms with Crippen LogP contribution in [0.3, 0.4) is 0 Å². The summed E-state index contributed by atoms with van der Waals surface area (Å²) >= 11 is 0. The molecule has 4 rings (SSSR count). The van der Waals surface area contributed by atoms with Gasteiger partial charge >= 0.3 is 0 Å². The number of ether oxygens (including phenoxy) is 1. The zero-order valence-electron chi connectivity index (χ0n) is 16.6. The molecule has 0 N–H and O–H groups in total. The van der Waals surface area contributed by atoms with Crippen molar-refractivity contribution < 1.29 is 9.53 Å². The molecule has 0 radical (unpaired) electrons. The second kappa shape index (κ2) is 8.86. The highest BCUT2D eigenvalue weighted by Crippen LogP contribution is 2.26. The number of hydrogen-bond acceptors (Lipinski definition) is 4. The lowest BCUT2D eigenvalue weighted by Gasteiger charge is -2.32. The van der Waals surface area contributed by atoms with E-state index < -0.39 is 0 Å². The third-order valence-electron chi connectivity index (χ3n) is 5.32. The Balaban J connectivity index is 1.35. The van der Waals surface area contributed by atoms with Crippen LogP contribution in [0.2, 0.25) is 0 Å². The number of piperidine rings is 1. The number of fused-ring (bicyclic) bond motifs is 1. The van der Waals surface area contributed by atoms with Crippen LogP contribution in [0.4, 0.5) is 0 Å². The van der Waals surface area contributed by atoms with E-state index >= 15 is 0 Å². The van der Waals surface area contributed by atoms with Crippen molar-refractivity contribution in [1.82, 2.24) is 9.88 Å². The van der Waals surface area contributed by atoms with Crippen LogP contribution in [0.5, 0.6) is 5.75 Å². The quantitative estimate of drug-likeness (QED) is 0.611. The predicted molar refractivity (Wildman–Crippen MR) is 116 cm³/mol. The van der Waals surface area contributed by atoms with Gasteiger partial charge in [0.2, 0.25) is 5.91 Å². The highest BCUT2D eigenvalue weighted by atomic mass is 16.5. The van der Waals surface area contributed by atoms with E-state index in [2.05, 4.69) is 34.2 Å². The van der Waals surface area contributed by atoms with Crippen LogP contribution in [-0.4, -0.2) is 48.2 Å². The summed E-state index contributed by atoms with van der Waals surface area (Å²) < 4.78 is 6.15. The van der Waals surface area contributed by atoms with E-state index in [0.717, 1.165) is 53.7 Å². The summed E-state index contributed by atoms with van der Waals surface area (Å²) in [5.74, 6) is 1.01. The minimum Gasteiger partial charge on any atom is -0.490 e.